The predicted octanol–water partition coefficient (Wildman–Crippen LogP) is 2.06. The van der Waals surface area contributed by atoms with Crippen LogP contribution >= 0.6 is 0 Å². The summed E-state index contributed by atoms with van der Waals surface area (Å²) in [6, 6.07) is 4.75. The molecule has 19 heavy (non-hydrogen) atoms. The van der Waals surface area contributed by atoms with E-state index >= 15 is 0 Å². The van der Waals surface area contributed by atoms with Crippen molar-refractivity contribution in [3.05, 3.63) is 33.9 Å². The predicted molar refractivity (Wildman–Crippen MR) is 70.6 cm³/mol. The van der Waals surface area contributed by atoms with Crippen LogP contribution in [-0.2, 0) is 6.42 Å². The van der Waals surface area contributed by atoms with Gasteiger partial charge in [-0.3, -0.25) is 10.1 Å². The quantitative estimate of drug-likeness (QED) is 0.269. The molecule has 1 atom stereocenters. The van der Waals surface area contributed by atoms with Gasteiger partial charge in [0.2, 0.25) is 0 Å². The van der Waals surface area contributed by atoms with Crippen LogP contribution in [0.2, 0.25) is 0 Å². The van der Waals surface area contributed by atoms with Gasteiger partial charge >= 0.3 is 5.69 Å². The molecule has 7 nitrogen and oxygen atoms in total. The fraction of sp³-hybridized carbons (Fsp3) is 0.417. The zero-order valence-corrected chi connectivity index (χ0v) is 10.9. The summed E-state index contributed by atoms with van der Waals surface area (Å²) in [5.41, 5.74) is 6.18. The summed E-state index contributed by atoms with van der Waals surface area (Å²) in [5, 5.41) is 22.5. The molecule has 0 aliphatic carbocycles. The van der Waals surface area contributed by atoms with E-state index in [0.29, 0.717) is 12.8 Å². The molecule has 0 radical (unpaired) electrons. The molecule has 0 aliphatic heterocycles. The number of ether oxygens (including phenoxy) is 1. The fourth-order valence-corrected chi connectivity index (χ4v) is 1.60. The molecule has 0 saturated carbocycles. The van der Waals surface area contributed by atoms with Crippen molar-refractivity contribution in [1.29, 1.82) is 0 Å². The van der Waals surface area contributed by atoms with E-state index in [1.807, 2.05) is 6.92 Å². The van der Waals surface area contributed by atoms with Gasteiger partial charge in [-0.1, -0.05) is 25.1 Å². The molecule has 104 valence electrons. The lowest BCUT2D eigenvalue weighted by atomic mass is 10.1. The largest absolute Gasteiger partial charge is 0.475 e. The molecule has 0 fully saturated rings. The van der Waals surface area contributed by atoms with Gasteiger partial charge in [0.25, 0.3) is 0 Å². The Morgan fingerprint density at radius 3 is 2.74 bits per heavy atom. The van der Waals surface area contributed by atoms with Crippen LogP contribution in [0.15, 0.2) is 23.4 Å². The van der Waals surface area contributed by atoms with Crippen molar-refractivity contribution in [3.8, 4) is 5.75 Å². The van der Waals surface area contributed by atoms with Crippen molar-refractivity contribution in [2.75, 3.05) is 0 Å². The van der Waals surface area contributed by atoms with Gasteiger partial charge in [-0.15, -0.1) is 0 Å². The molecule has 1 unspecified atom stereocenters. The SMILES string of the molecule is CCc1ccc(OC(CC)C(N)=NO)c([N+](=O)[O-])c1. The van der Waals surface area contributed by atoms with Gasteiger partial charge in [-0.25, -0.2) is 0 Å². The molecule has 7 heteroatoms. The summed E-state index contributed by atoms with van der Waals surface area (Å²) in [5.74, 6) is -0.00276. The number of oxime groups is 1. The first-order valence-corrected chi connectivity index (χ1v) is 5.94. The molecule has 0 saturated heterocycles. The summed E-state index contributed by atoms with van der Waals surface area (Å²) in [6.07, 6.45) is 0.428. The number of hydrogen-bond donors (Lipinski definition) is 2. The van der Waals surface area contributed by atoms with E-state index in [0.717, 1.165) is 5.56 Å². The number of benzene rings is 1. The average Bonchev–Trinajstić information content (AvgIpc) is 2.43. The van der Waals surface area contributed by atoms with Crippen molar-refractivity contribution in [1.82, 2.24) is 0 Å². The van der Waals surface area contributed by atoms with Crippen LogP contribution in [-0.4, -0.2) is 22.1 Å². The first-order valence-electron chi connectivity index (χ1n) is 5.94. The van der Waals surface area contributed by atoms with Crippen molar-refractivity contribution in [3.63, 3.8) is 0 Å². The highest BCUT2D eigenvalue weighted by Crippen LogP contribution is 2.29. The number of nitrogens with two attached hydrogens (primary N) is 1. The van der Waals surface area contributed by atoms with Gasteiger partial charge in [-0.05, 0) is 24.5 Å². The molecule has 0 aliphatic rings. The molecule has 3 N–H and O–H groups in total. The Labute approximate surface area is 110 Å². The van der Waals surface area contributed by atoms with Gasteiger partial charge in [0, 0.05) is 6.07 Å². The van der Waals surface area contributed by atoms with Crippen LogP contribution in [0.1, 0.15) is 25.8 Å². The van der Waals surface area contributed by atoms with Crippen LogP contribution in [0.5, 0.6) is 5.75 Å². The molecule has 0 bridgehead atoms. The number of aryl methyl sites for hydroxylation is 1. The first kappa shape index (κ1) is 14.7. The van der Waals surface area contributed by atoms with E-state index < -0.39 is 11.0 Å². The third kappa shape index (κ3) is 3.57. The van der Waals surface area contributed by atoms with Gasteiger partial charge < -0.3 is 15.7 Å². The van der Waals surface area contributed by atoms with Crippen LogP contribution < -0.4 is 10.5 Å². The molecule has 0 heterocycles. The van der Waals surface area contributed by atoms with Crippen molar-refractivity contribution < 1.29 is 14.9 Å². The molecule has 1 aromatic carbocycles. The Kier molecular flexibility index (Phi) is 5.11. The Balaban J connectivity index is 3.09. The molecule has 0 spiro atoms. The van der Waals surface area contributed by atoms with Crippen molar-refractivity contribution in [2.45, 2.75) is 32.8 Å². The first-order chi connectivity index (χ1) is 9.03. The third-order valence-corrected chi connectivity index (χ3v) is 2.71. The topological polar surface area (TPSA) is 111 Å². The van der Waals surface area contributed by atoms with Gasteiger partial charge in [0.1, 0.15) is 0 Å². The fourth-order valence-electron chi connectivity index (χ4n) is 1.60. The number of nitro groups is 1. The second kappa shape index (κ2) is 6.58. The van der Waals surface area contributed by atoms with E-state index in [9.17, 15) is 10.1 Å². The molecular formula is C12H17N3O4. The van der Waals surface area contributed by atoms with Crippen LogP contribution in [0, 0.1) is 10.1 Å². The van der Waals surface area contributed by atoms with E-state index in [1.165, 1.54) is 12.1 Å². The molecule has 1 aromatic rings. The summed E-state index contributed by atoms with van der Waals surface area (Å²) in [4.78, 5) is 10.5. The second-order valence-corrected chi connectivity index (χ2v) is 3.95. The Bertz CT molecular complexity index is 488. The standard InChI is InChI=1S/C12H17N3O4/c1-3-8-5-6-11(9(7-8)15(17)18)19-10(4-2)12(13)14-16/h5-7,10,16H,3-4H2,1-2H3,(H2,13,14). The zero-order valence-electron chi connectivity index (χ0n) is 10.9. The third-order valence-electron chi connectivity index (χ3n) is 2.71. The van der Waals surface area contributed by atoms with E-state index in [2.05, 4.69) is 5.16 Å². The summed E-state index contributed by atoms with van der Waals surface area (Å²) in [6.45, 7) is 3.68. The molecule has 0 amide bonds. The number of rotatable bonds is 6. The lowest BCUT2D eigenvalue weighted by Crippen LogP contribution is -2.33. The summed E-state index contributed by atoms with van der Waals surface area (Å²) >= 11 is 0. The number of nitrogens with zero attached hydrogens (tertiary/aromatic N) is 2. The Morgan fingerprint density at radius 2 is 2.26 bits per heavy atom. The van der Waals surface area contributed by atoms with Crippen LogP contribution in [0.3, 0.4) is 0 Å². The number of amidine groups is 1. The minimum atomic E-state index is -0.698. The maximum atomic E-state index is 11.0. The van der Waals surface area contributed by atoms with Crippen LogP contribution in [0.25, 0.3) is 0 Å². The molecule has 1 rings (SSSR count). The maximum absolute atomic E-state index is 11.0. The lowest BCUT2D eigenvalue weighted by Gasteiger charge is -2.16. The normalized spacial score (nSPS) is 13.1. The smallest absolute Gasteiger partial charge is 0.311 e. The lowest BCUT2D eigenvalue weighted by molar-refractivity contribution is -0.386. The monoisotopic (exact) mass is 267 g/mol. The van der Waals surface area contributed by atoms with Crippen molar-refractivity contribution >= 4 is 11.5 Å². The minimum absolute atomic E-state index is 0.112. The van der Waals surface area contributed by atoms with Crippen molar-refractivity contribution in [2.24, 2.45) is 10.9 Å². The highest BCUT2D eigenvalue weighted by molar-refractivity contribution is 5.84. The van der Waals surface area contributed by atoms with E-state index in [1.54, 1.807) is 13.0 Å². The highest BCUT2D eigenvalue weighted by atomic mass is 16.6. The van der Waals surface area contributed by atoms with Gasteiger partial charge in [0.15, 0.2) is 17.7 Å². The highest BCUT2D eigenvalue weighted by Gasteiger charge is 2.21. The van der Waals surface area contributed by atoms with E-state index in [-0.39, 0.29) is 17.3 Å². The minimum Gasteiger partial charge on any atom is -0.475 e. The van der Waals surface area contributed by atoms with Gasteiger partial charge in [0.05, 0.1) is 4.92 Å². The van der Waals surface area contributed by atoms with Gasteiger partial charge in [-0.2, -0.15) is 0 Å². The maximum Gasteiger partial charge on any atom is 0.311 e. The summed E-state index contributed by atoms with van der Waals surface area (Å²) in [7, 11) is 0. The summed E-state index contributed by atoms with van der Waals surface area (Å²) < 4.78 is 5.45. The average molecular weight is 267 g/mol. The number of hydrogen-bond acceptors (Lipinski definition) is 5. The zero-order chi connectivity index (χ0) is 14.4. The molecule has 0 aromatic heterocycles. The second-order valence-electron chi connectivity index (χ2n) is 3.95. The van der Waals surface area contributed by atoms with Crippen LogP contribution in [0.4, 0.5) is 5.69 Å². The molecular weight excluding hydrogens is 250 g/mol. The number of nitro benzene ring substituents is 1. The Morgan fingerprint density at radius 1 is 1.58 bits per heavy atom. The van der Waals surface area contributed by atoms with E-state index in [4.69, 9.17) is 15.7 Å². The Hall–Kier alpha value is -2.31.